The molecule has 10 heavy (non-hydrogen) atoms. The summed E-state index contributed by atoms with van der Waals surface area (Å²) in [6.45, 7) is 1.83. The minimum atomic E-state index is 0.602. The first kappa shape index (κ1) is 6.88. The molecule has 5 heteroatoms. The van der Waals surface area contributed by atoms with Crippen molar-refractivity contribution in [2.45, 2.75) is 6.92 Å². The van der Waals surface area contributed by atoms with Gasteiger partial charge in [0.1, 0.15) is 0 Å². The smallest absolute Gasteiger partial charge is 0.161 e. The average molecular weight is 141 g/mol. The molecule has 0 unspecified atom stereocenters. The molecule has 0 radical (unpaired) electrons. The molecular formula is C5H11N5. The van der Waals surface area contributed by atoms with Gasteiger partial charge < -0.3 is 11.2 Å². The van der Waals surface area contributed by atoms with Crippen LogP contribution < -0.4 is 17.0 Å². The van der Waals surface area contributed by atoms with Gasteiger partial charge >= 0.3 is 0 Å². The second kappa shape index (κ2) is 2.18. The highest BCUT2D eigenvalue weighted by atomic mass is 15.4. The molecule has 0 fully saturated rings. The molecule has 5 nitrogen and oxygen atoms in total. The first-order valence-electron chi connectivity index (χ1n) is 2.92. The lowest BCUT2D eigenvalue weighted by Crippen LogP contribution is -2.12. The number of nitrogens with one attached hydrogen (secondary N) is 1. The number of anilines is 2. The molecule has 1 aromatic heterocycles. The van der Waals surface area contributed by atoms with Gasteiger partial charge in [0, 0.05) is 7.05 Å². The van der Waals surface area contributed by atoms with Crippen molar-refractivity contribution in [1.82, 2.24) is 9.78 Å². The van der Waals surface area contributed by atoms with E-state index in [1.807, 2.05) is 6.92 Å². The summed E-state index contributed by atoms with van der Waals surface area (Å²) in [7, 11) is 1.78. The van der Waals surface area contributed by atoms with Crippen LogP contribution in [0.15, 0.2) is 0 Å². The molecular weight excluding hydrogens is 130 g/mol. The van der Waals surface area contributed by atoms with Crippen LogP contribution in [0, 0.1) is 6.92 Å². The third-order valence-electron chi connectivity index (χ3n) is 1.41. The summed E-state index contributed by atoms with van der Waals surface area (Å²) in [5, 5.41) is 4.03. The van der Waals surface area contributed by atoms with Gasteiger partial charge in [0.15, 0.2) is 5.82 Å². The highest BCUT2D eigenvalue weighted by Crippen LogP contribution is 2.18. The van der Waals surface area contributed by atoms with Gasteiger partial charge in [-0.3, -0.25) is 0 Å². The molecule has 0 aliphatic rings. The van der Waals surface area contributed by atoms with E-state index in [9.17, 15) is 0 Å². The molecule has 0 bridgehead atoms. The second-order valence-corrected chi connectivity index (χ2v) is 2.12. The normalized spacial score (nSPS) is 9.90. The summed E-state index contributed by atoms with van der Waals surface area (Å²) in [6.07, 6.45) is 0. The Kier molecular flexibility index (Phi) is 1.50. The molecule has 0 amide bonds. The summed E-state index contributed by atoms with van der Waals surface area (Å²) in [5.74, 6) is 5.82. The first-order valence-corrected chi connectivity index (χ1v) is 2.92. The molecule has 1 heterocycles. The van der Waals surface area contributed by atoms with Crippen molar-refractivity contribution >= 4 is 11.5 Å². The molecule has 0 atom stereocenters. The summed E-state index contributed by atoms with van der Waals surface area (Å²) < 4.78 is 1.60. The van der Waals surface area contributed by atoms with Crippen LogP contribution in [0.25, 0.3) is 0 Å². The predicted octanol–water partition coefficient (Wildman–Crippen LogP) is -0.404. The maximum absolute atomic E-state index is 5.59. The Labute approximate surface area is 59.0 Å². The summed E-state index contributed by atoms with van der Waals surface area (Å²) >= 11 is 0. The van der Waals surface area contributed by atoms with Crippen LogP contribution in [0.4, 0.5) is 11.5 Å². The Balaban J connectivity index is 3.20. The lowest BCUT2D eigenvalue weighted by molar-refractivity contribution is 0.760. The Hall–Kier alpha value is -1.23. The molecule has 1 rings (SSSR count). The molecule has 0 aromatic carbocycles. The quantitative estimate of drug-likeness (QED) is 0.367. The molecule has 0 spiro atoms. The zero-order chi connectivity index (χ0) is 7.72. The van der Waals surface area contributed by atoms with Crippen molar-refractivity contribution in [1.29, 1.82) is 0 Å². The number of nitrogen functional groups attached to an aromatic ring is 2. The van der Waals surface area contributed by atoms with E-state index in [1.54, 1.807) is 11.7 Å². The average Bonchev–Trinajstić information content (AvgIpc) is 2.09. The van der Waals surface area contributed by atoms with Crippen LogP contribution in [-0.2, 0) is 7.05 Å². The molecule has 0 aliphatic carbocycles. The van der Waals surface area contributed by atoms with Crippen molar-refractivity contribution in [3.63, 3.8) is 0 Å². The van der Waals surface area contributed by atoms with Crippen molar-refractivity contribution in [2.24, 2.45) is 12.9 Å². The number of hydrogen-bond acceptors (Lipinski definition) is 4. The van der Waals surface area contributed by atoms with Crippen molar-refractivity contribution in [3.8, 4) is 0 Å². The number of nitrogens with two attached hydrogens (primary N) is 2. The van der Waals surface area contributed by atoms with E-state index in [0.717, 1.165) is 5.69 Å². The standard InChI is InChI=1S/C5H11N5/c1-3-4(6)5(8-7)10(2)9-3/h8H,6-7H2,1-2H3. The van der Waals surface area contributed by atoms with Gasteiger partial charge in [0.05, 0.1) is 11.4 Å². The van der Waals surface area contributed by atoms with Gasteiger partial charge in [-0.25, -0.2) is 10.5 Å². The summed E-state index contributed by atoms with van der Waals surface area (Å²) in [6, 6.07) is 0. The summed E-state index contributed by atoms with van der Waals surface area (Å²) in [5.41, 5.74) is 9.44. The Morgan fingerprint density at radius 2 is 2.20 bits per heavy atom. The van der Waals surface area contributed by atoms with Crippen molar-refractivity contribution in [3.05, 3.63) is 5.69 Å². The van der Waals surface area contributed by atoms with Gasteiger partial charge in [-0.2, -0.15) is 5.10 Å². The molecule has 56 valence electrons. The van der Waals surface area contributed by atoms with E-state index in [-0.39, 0.29) is 0 Å². The summed E-state index contributed by atoms with van der Waals surface area (Å²) in [4.78, 5) is 0. The molecule has 5 N–H and O–H groups in total. The third kappa shape index (κ3) is 0.801. The minimum absolute atomic E-state index is 0.602. The third-order valence-corrected chi connectivity index (χ3v) is 1.41. The maximum Gasteiger partial charge on any atom is 0.161 e. The van der Waals surface area contributed by atoms with Crippen molar-refractivity contribution < 1.29 is 0 Å². The Morgan fingerprint density at radius 3 is 2.40 bits per heavy atom. The first-order chi connectivity index (χ1) is 4.66. The largest absolute Gasteiger partial charge is 0.394 e. The van der Waals surface area contributed by atoms with E-state index in [4.69, 9.17) is 11.6 Å². The van der Waals surface area contributed by atoms with Gasteiger partial charge in [-0.05, 0) is 6.92 Å². The number of rotatable bonds is 1. The fourth-order valence-electron chi connectivity index (χ4n) is 0.846. The van der Waals surface area contributed by atoms with E-state index in [2.05, 4.69) is 10.5 Å². The fraction of sp³-hybridized carbons (Fsp3) is 0.400. The topological polar surface area (TPSA) is 81.9 Å². The van der Waals surface area contributed by atoms with E-state index < -0.39 is 0 Å². The molecule has 0 aliphatic heterocycles. The van der Waals surface area contributed by atoms with E-state index >= 15 is 0 Å². The van der Waals surface area contributed by atoms with Crippen LogP contribution in [0.5, 0.6) is 0 Å². The van der Waals surface area contributed by atoms with Crippen molar-refractivity contribution in [2.75, 3.05) is 11.2 Å². The van der Waals surface area contributed by atoms with Crippen LogP contribution in [0.3, 0.4) is 0 Å². The highest BCUT2D eigenvalue weighted by molar-refractivity contribution is 5.63. The van der Waals surface area contributed by atoms with Crippen LogP contribution in [-0.4, -0.2) is 9.78 Å². The molecule has 0 saturated carbocycles. The molecule has 0 saturated heterocycles. The zero-order valence-electron chi connectivity index (χ0n) is 6.05. The Bertz CT molecular complexity index is 238. The number of nitrogens with zero attached hydrogens (tertiary/aromatic N) is 2. The lowest BCUT2D eigenvalue weighted by Gasteiger charge is -1.99. The SMILES string of the molecule is Cc1nn(C)c(NN)c1N. The number of aryl methyl sites for hydroxylation is 2. The lowest BCUT2D eigenvalue weighted by atomic mass is 10.4. The van der Waals surface area contributed by atoms with Gasteiger partial charge in [-0.15, -0.1) is 0 Å². The maximum atomic E-state index is 5.59. The van der Waals surface area contributed by atoms with Gasteiger partial charge in [-0.1, -0.05) is 0 Å². The van der Waals surface area contributed by atoms with Gasteiger partial charge in [0.25, 0.3) is 0 Å². The minimum Gasteiger partial charge on any atom is -0.394 e. The fourth-order valence-corrected chi connectivity index (χ4v) is 0.846. The predicted molar refractivity (Wildman–Crippen MR) is 40.2 cm³/mol. The molecule has 1 aromatic rings. The monoisotopic (exact) mass is 141 g/mol. The number of aromatic nitrogens is 2. The van der Waals surface area contributed by atoms with Crippen LogP contribution >= 0.6 is 0 Å². The van der Waals surface area contributed by atoms with E-state index in [1.165, 1.54) is 0 Å². The van der Waals surface area contributed by atoms with Crippen LogP contribution in [0.2, 0.25) is 0 Å². The Morgan fingerprint density at radius 1 is 1.60 bits per heavy atom. The van der Waals surface area contributed by atoms with Crippen LogP contribution in [0.1, 0.15) is 5.69 Å². The second-order valence-electron chi connectivity index (χ2n) is 2.12. The van der Waals surface area contributed by atoms with E-state index in [0.29, 0.717) is 11.5 Å². The number of hydrazine groups is 1. The zero-order valence-corrected chi connectivity index (χ0v) is 6.05. The number of hydrogen-bond donors (Lipinski definition) is 3. The van der Waals surface area contributed by atoms with Gasteiger partial charge in [0.2, 0.25) is 0 Å². The highest BCUT2D eigenvalue weighted by Gasteiger charge is 2.06.